The number of rotatable bonds is 4. The molecule has 1 amide bonds. The van der Waals surface area contributed by atoms with E-state index in [0.717, 1.165) is 0 Å². The van der Waals surface area contributed by atoms with Crippen LogP contribution in [0.25, 0.3) is 0 Å². The number of aryl methyl sites for hydroxylation is 1. The SMILES string of the molecule is Cc1ncncc1C(=O)NCCC(=O)O. The number of hydrogen-bond donors (Lipinski definition) is 2. The molecule has 0 aliphatic rings. The lowest BCUT2D eigenvalue weighted by atomic mass is 10.2. The van der Waals surface area contributed by atoms with Gasteiger partial charge in [0.25, 0.3) is 5.91 Å². The fraction of sp³-hybridized carbons (Fsp3) is 0.333. The van der Waals surface area contributed by atoms with Crippen LogP contribution in [0.2, 0.25) is 0 Å². The Morgan fingerprint density at radius 1 is 1.53 bits per heavy atom. The maximum Gasteiger partial charge on any atom is 0.305 e. The number of aromatic nitrogens is 2. The Labute approximate surface area is 86.4 Å². The normalized spacial score (nSPS) is 9.67. The molecule has 0 saturated heterocycles. The molecule has 15 heavy (non-hydrogen) atoms. The molecule has 1 aromatic rings. The average molecular weight is 209 g/mol. The van der Waals surface area contributed by atoms with Crippen LogP contribution >= 0.6 is 0 Å². The van der Waals surface area contributed by atoms with E-state index >= 15 is 0 Å². The molecule has 1 rings (SSSR count). The molecule has 6 nitrogen and oxygen atoms in total. The second-order valence-corrected chi connectivity index (χ2v) is 2.92. The summed E-state index contributed by atoms with van der Waals surface area (Å²) in [7, 11) is 0. The highest BCUT2D eigenvalue weighted by Gasteiger charge is 2.09. The number of carboxylic acids is 1. The fourth-order valence-electron chi connectivity index (χ4n) is 0.992. The van der Waals surface area contributed by atoms with Crippen LogP contribution in [0.5, 0.6) is 0 Å². The van der Waals surface area contributed by atoms with Gasteiger partial charge in [-0.25, -0.2) is 9.97 Å². The second-order valence-electron chi connectivity index (χ2n) is 2.92. The second kappa shape index (κ2) is 5.04. The lowest BCUT2D eigenvalue weighted by Gasteiger charge is -2.04. The summed E-state index contributed by atoms with van der Waals surface area (Å²) in [5.74, 6) is -1.30. The summed E-state index contributed by atoms with van der Waals surface area (Å²) in [6, 6.07) is 0. The molecule has 0 atom stereocenters. The van der Waals surface area contributed by atoms with Crippen molar-refractivity contribution in [3.63, 3.8) is 0 Å². The lowest BCUT2D eigenvalue weighted by molar-refractivity contribution is -0.136. The standard InChI is InChI=1S/C9H11N3O3/c1-6-7(4-10-5-12-6)9(15)11-3-2-8(13)14/h4-5H,2-3H2,1H3,(H,11,15)(H,13,14). The molecule has 1 aromatic heterocycles. The summed E-state index contributed by atoms with van der Waals surface area (Å²) < 4.78 is 0. The van der Waals surface area contributed by atoms with Gasteiger partial charge in [-0.15, -0.1) is 0 Å². The fourth-order valence-corrected chi connectivity index (χ4v) is 0.992. The Morgan fingerprint density at radius 3 is 2.87 bits per heavy atom. The highest BCUT2D eigenvalue weighted by molar-refractivity contribution is 5.94. The summed E-state index contributed by atoms with van der Waals surface area (Å²) >= 11 is 0. The molecule has 0 radical (unpaired) electrons. The number of aliphatic carboxylic acids is 1. The van der Waals surface area contributed by atoms with Crippen LogP contribution in [-0.2, 0) is 4.79 Å². The minimum Gasteiger partial charge on any atom is -0.481 e. The van der Waals surface area contributed by atoms with Gasteiger partial charge in [0.05, 0.1) is 17.7 Å². The summed E-state index contributed by atoms with van der Waals surface area (Å²) in [5.41, 5.74) is 0.931. The van der Waals surface area contributed by atoms with Crippen molar-refractivity contribution < 1.29 is 14.7 Å². The molecule has 80 valence electrons. The molecule has 2 N–H and O–H groups in total. The molecule has 0 bridgehead atoms. The maximum absolute atomic E-state index is 11.5. The number of nitrogens with zero attached hydrogens (tertiary/aromatic N) is 2. The molecule has 6 heteroatoms. The van der Waals surface area contributed by atoms with Gasteiger partial charge in [-0.3, -0.25) is 9.59 Å². The Morgan fingerprint density at radius 2 is 2.27 bits per heavy atom. The van der Waals surface area contributed by atoms with Crippen molar-refractivity contribution in [2.24, 2.45) is 0 Å². The van der Waals surface area contributed by atoms with Crippen molar-refractivity contribution in [2.75, 3.05) is 6.54 Å². The predicted octanol–water partition coefficient (Wildman–Crippen LogP) is -0.0105. The maximum atomic E-state index is 11.5. The largest absolute Gasteiger partial charge is 0.481 e. The van der Waals surface area contributed by atoms with Gasteiger partial charge in [-0.05, 0) is 6.92 Å². The first-order valence-electron chi connectivity index (χ1n) is 4.38. The molecule has 0 aliphatic heterocycles. The van der Waals surface area contributed by atoms with Crippen LogP contribution in [0.4, 0.5) is 0 Å². The molecular weight excluding hydrogens is 198 g/mol. The van der Waals surface area contributed by atoms with Gasteiger partial charge in [0.2, 0.25) is 0 Å². The molecule has 0 aromatic carbocycles. The Balaban J connectivity index is 2.54. The Bertz CT molecular complexity index is 379. The predicted molar refractivity (Wildman–Crippen MR) is 51.4 cm³/mol. The van der Waals surface area contributed by atoms with E-state index in [1.165, 1.54) is 12.5 Å². The van der Waals surface area contributed by atoms with E-state index in [4.69, 9.17) is 5.11 Å². The average Bonchev–Trinajstić information content (AvgIpc) is 2.17. The van der Waals surface area contributed by atoms with Crippen LogP contribution in [0, 0.1) is 6.92 Å². The van der Waals surface area contributed by atoms with E-state index in [1.807, 2.05) is 0 Å². The van der Waals surface area contributed by atoms with E-state index in [2.05, 4.69) is 15.3 Å². The Kier molecular flexibility index (Phi) is 3.73. The summed E-state index contributed by atoms with van der Waals surface area (Å²) in [6.07, 6.45) is 2.65. The van der Waals surface area contributed by atoms with Crippen LogP contribution in [0.15, 0.2) is 12.5 Å². The first-order chi connectivity index (χ1) is 7.11. The zero-order valence-corrected chi connectivity index (χ0v) is 8.23. The summed E-state index contributed by atoms with van der Waals surface area (Å²) in [4.78, 5) is 29.2. The highest BCUT2D eigenvalue weighted by atomic mass is 16.4. The van der Waals surface area contributed by atoms with E-state index in [-0.39, 0.29) is 18.9 Å². The topological polar surface area (TPSA) is 92.2 Å². The van der Waals surface area contributed by atoms with E-state index < -0.39 is 5.97 Å². The van der Waals surface area contributed by atoms with E-state index in [0.29, 0.717) is 11.3 Å². The van der Waals surface area contributed by atoms with E-state index in [1.54, 1.807) is 6.92 Å². The van der Waals surface area contributed by atoms with Crippen molar-refractivity contribution in [3.8, 4) is 0 Å². The molecule has 0 spiro atoms. The number of hydrogen-bond acceptors (Lipinski definition) is 4. The van der Waals surface area contributed by atoms with Crippen LogP contribution in [0.1, 0.15) is 22.5 Å². The minimum absolute atomic E-state index is 0.0987. The van der Waals surface area contributed by atoms with Crippen molar-refractivity contribution >= 4 is 11.9 Å². The van der Waals surface area contributed by atoms with Gasteiger partial charge in [0.1, 0.15) is 6.33 Å². The van der Waals surface area contributed by atoms with Gasteiger partial charge in [0, 0.05) is 12.7 Å². The van der Waals surface area contributed by atoms with Crippen LogP contribution in [0.3, 0.4) is 0 Å². The number of amides is 1. The van der Waals surface area contributed by atoms with Gasteiger partial charge in [-0.2, -0.15) is 0 Å². The van der Waals surface area contributed by atoms with E-state index in [9.17, 15) is 9.59 Å². The van der Waals surface area contributed by atoms with Crippen molar-refractivity contribution in [1.82, 2.24) is 15.3 Å². The number of nitrogens with one attached hydrogen (secondary N) is 1. The molecular formula is C9H11N3O3. The van der Waals surface area contributed by atoms with Gasteiger partial charge >= 0.3 is 5.97 Å². The third-order valence-electron chi connectivity index (χ3n) is 1.78. The Hall–Kier alpha value is -1.98. The third-order valence-corrected chi connectivity index (χ3v) is 1.78. The highest BCUT2D eigenvalue weighted by Crippen LogP contribution is 2.00. The lowest BCUT2D eigenvalue weighted by Crippen LogP contribution is -2.27. The molecule has 0 aliphatic carbocycles. The van der Waals surface area contributed by atoms with Crippen molar-refractivity contribution in [1.29, 1.82) is 0 Å². The van der Waals surface area contributed by atoms with Gasteiger partial charge in [-0.1, -0.05) is 0 Å². The summed E-state index contributed by atoms with van der Waals surface area (Å²) in [6.45, 7) is 1.79. The van der Waals surface area contributed by atoms with Gasteiger partial charge < -0.3 is 10.4 Å². The number of carbonyl (C=O) groups excluding carboxylic acids is 1. The monoisotopic (exact) mass is 209 g/mol. The first kappa shape index (κ1) is 11.1. The van der Waals surface area contributed by atoms with Crippen molar-refractivity contribution in [3.05, 3.63) is 23.8 Å². The van der Waals surface area contributed by atoms with Gasteiger partial charge in [0.15, 0.2) is 0 Å². The minimum atomic E-state index is -0.948. The zero-order chi connectivity index (χ0) is 11.3. The quantitative estimate of drug-likeness (QED) is 0.727. The molecule has 0 saturated carbocycles. The van der Waals surface area contributed by atoms with Crippen molar-refractivity contribution in [2.45, 2.75) is 13.3 Å². The zero-order valence-electron chi connectivity index (χ0n) is 8.23. The molecule has 0 unspecified atom stereocenters. The summed E-state index contributed by atoms with van der Waals surface area (Å²) in [5, 5.41) is 10.8. The first-order valence-corrected chi connectivity index (χ1v) is 4.38. The molecule has 1 heterocycles. The van der Waals surface area contributed by atoms with Crippen LogP contribution in [-0.4, -0.2) is 33.5 Å². The van der Waals surface area contributed by atoms with Crippen LogP contribution < -0.4 is 5.32 Å². The smallest absolute Gasteiger partial charge is 0.305 e. The molecule has 0 fully saturated rings. The number of carboxylic acid groups (broad SMARTS) is 1. The number of carbonyl (C=O) groups is 2. The third kappa shape index (κ3) is 3.34.